The van der Waals surface area contributed by atoms with E-state index < -0.39 is 11.7 Å². The van der Waals surface area contributed by atoms with E-state index >= 15 is 0 Å². The minimum atomic E-state index is -0.550. The van der Waals surface area contributed by atoms with E-state index in [-0.39, 0.29) is 0 Å². The highest BCUT2D eigenvalue weighted by Gasteiger charge is 2.16. The molecule has 0 saturated carbocycles. The third kappa shape index (κ3) is 7.65. The number of anilines is 1. The van der Waals surface area contributed by atoms with Crippen LogP contribution in [-0.4, -0.2) is 29.9 Å². The molecular formula is C17H24N2O3. The number of carbonyl (C=O) groups is 1. The number of hydrogen-bond donors (Lipinski definition) is 1. The molecule has 0 aliphatic rings. The first-order valence-corrected chi connectivity index (χ1v) is 7.43. The normalized spacial score (nSPS) is 10.5. The SMILES string of the molecule is CCCCOCC#Cc1ccncc1NC(=O)OC(C)(C)C. The van der Waals surface area contributed by atoms with Crippen molar-refractivity contribution in [2.24, 2.45) is 0 Å². The van der Waals surface area contributed by atoms with Crippen molar-refractivity contribution >= 4 is 11.8 Å². The van der Waals surface area contributed by atoms with E-state index in [9.17, 15) is 4.79 Å². The summed E-state index contributed by atoms with van der Waals surface area (Å²) in [4.78, 5) is 15.8. The Morgan fingerprint density at radius 3 is 2.86 bits per heavy atom. The summed E-state index contributed by atoms with van der Waals surface area (Å²) in [5.41, 5.74) is 0.656. The van der Waals surface area contributed by atoms with E-state index in [1.807, 2.05) is 20.8 Å². The van der Waals surface area contributed by atoms with Crippen LogP contribution >= 0.6 is 0 Å². The zero-order valence-electron chi connectivity index (χ0n) is 13.7. The maximum Gasteiger partial charge on any atom is 0.412 e. The van der Waals surface area contributed by atoms with Gasteiger partial charge in [0.1, 0.15) is 12.2 Å². The highest BCUT2D eigenvalue weighted by molar-refractivity contribution is 5.86. The third-order valence-corrected chi connectivity index (χ3v) is 2.50. The summed E-state index contributed by atoms with van der Waals surface area (Å²) in [5, 5.41) is 2.66. The molecule has 0 aromatic carbocycles. The van der Waals surface area contributed by atoms with Gasteiger partial charge in [0.25, 0.3) is 0 Å². The van der Waals surface area contributed by atoms with E-state index in [0.29, 0.717) is 24.5 Å². The van der Waals surface area contributed by atoms with Gasteiger partial charge >= 0.3 is 6.09 Å². The van der Waals surface area contributed by atoms with E-state index in [2.05, 4.69) is 29.1 Å². The van der Waals surface area contributed by atoms with Crippen molar-refractivity contribution in [2.75, 3.05) is 18.5 Å². The van der Waals surface area contributed by atoms with Gasteiger partial charge in [-0.1, -0.05) is 25.2 Å². The lowest BCUT2D eigenvalue weighted by molar-refractivity contribution is 0.0636. The Labute approximate surface area is 132 Å². The fourth-order valence-corrected chi connectivity index (χ4v) is 1.52. The van der Waals surface area contributed by atoms with Crippen LogP contribution in [0.4, 0.5) is 10.5 Å². The number of rotatable bonds is 5. The molecule has 0 unspecified atom stereocenters. The molecule has 22 heavy (non-hydrogen) atoms. The van der Waals surface area contributed by atoms with E-state index in [1.54, 1.807) is 18.5 Å². The Balaban J connectivity index is 2.62. The molecule has 0 spiro atoms. The van der Waals surface area contributed by atoms with E-state index in [1.165, 1.54) is 0 Å². The van der Waals surface area contributed by atoms with Crippen LogP contribution in [-0.2, 0) is 9.47 Å². The van der Waals surface area contributed by atoms with Crippen molar-refractivity contribution in [1.29, 1.82) is 0 Å². The van der Waals surface area contributed by atoms with Gasteiger partial charge in [0.15, 0.2) is 0 Å². The molecule has 1 heterocycles. The Morgan fingerprint density at radius 2 is 2.18 bits per heavy atom. The number of ether oxygens (including phenoxy) is 2. The fourth-order valence-electron chi connectivity index (χ4n) is 1.52. The largest absolute Gasteiger partial charge is 0.444 e. The first-order valence-electron chi connectivity index (χ1n) is 7.43. The van der Waals surface area contributed by atoms with Gasteiger partial charge in [-0.2, -0.15) is 0 Å². The number of hydrogen-bond acceptors (Lipinski definition) is 4. The molecule has 0 atom stereocenters. The smallest absolute Gasteiger partial charge is 0.412 e. The minimum Gasteiger partial charge on any atom is -0.444 e. The van der Waals surface area contributed by atoms with Gasteiger partial charge in [-0.25, -0.2) is 4.79 Å². The number of unbranched alkanes of at least 4 members (excludes halogenated alkanes) is 1. The highest BCUT2D eigenvalue weighted by Crippen LogP contribution is 2.14. The van der Waals surface area contributed by atoms with Crippen LogP contribution in [0.15, 0.2) is 18.5 Å². The van der Waals surface area contributed by atoms with Crippen molar-refractivity contribution in [3.8, 4) is 11.8 Å². The molecule has 5 heteroatoms. The van der Waals surface area contributed by atoms with Crippen LogP contribution in [0.25, 0.3) is 0 Å². The second kappa shape index (κ2) is 9.06. The molecular weight excluding hydrogens is 280 g/mol. The Kier molecular flexibility index (Phi) is 7.41. The van der Waals surface area contributed by atoms with Crippen LogP contribution in [0.1, 0.15) is 46.1 Å². The van der Waals surface area contributed by atoms with Crippen LogP contribution < -0.4 is 5.32 Å². The number of nitrogens with one attached hydrogen (secondary N) is 1. The molecule has 120 valence electrons. The van der Waals surface area contributed by atoms with Gasteiger partial charge in [-0.3, -0.25) is 10.3 Å². The fraction of sp³-hybridized carbons (Fsp3) is 0.529. The second-order valence-electron chi connectivity index (χ2n) is 5.76. The first kappa shape index (κ1) is 18.0. The zero-order chi connectivity index (χ0) is 16.4. The minimum absolute atomic E-state index is 0.369. The van der Waals surface area contributed by atoms with E-state index in [4.69, 9.17) is 9.47 Å². The van der Waals surface area contributed by atoms with Gasteiger partial charge in [0, 0.05) is 12.8 Å². The topological polar surface area (TPSA) is 60.5 Å². The van der Waals surface area contributed by atoms with Gasteiger partial charge in [0.2, 0.25) is 0 Å². The molecule has 5 nitrogen and oxygen atoms in total. The molecule has 0 bridgehead atoms. The summed E-state index contributed by atoms with van der Waals surface area (Å²) >= 11 is 0. The average Bonchev–Trinajstić information content (AvgIpc) is 2.42. The van der Waals surface area contributed by atoms with Crippen LogP contribution in [0.2, 0.25) is 0 Å². The van der Waals surface area contributed by atoms with Gasteiger partial charge in [0.05, 0.1) is 17.4 Å². The predicted molar refractivity (Wildman–Crippen MR) is 86.7 cm³/mol. The maximum absolute atomic E-state index is 11.8. The van der Waals surface area contributed by atoms with Crippen molar-refractivity contribution in [3.63, 3.8) is 0 Å². The maximum atomic E-state index is 11.8. The first-order chi connectivity index (χ1) is 10.4. The summed E-state index contributed by atoms with van der Waals surface area (Å²) in [6, 6.07) is 1.74. The molecule has 1 N–H and O–H groups in total. The zero-order valence-corrected chi connectivity index (χ0v) is 13.7. The molecule has 1 rings (SSSR count). The average molecular weight is 304 g/mol. The van der Waals surface area contributed by atoms with Crippen LogP contribution in [0.5, 0.6) is 0 Å². The summed E-state index contributed by atoms with van der Waals surface area (Å²) in [7, 11) is 0. The molecule has 0 saturated heterocycles. The molecule has 1 aromatic heterocycles. The molecule has 1 amide bonds. The number of nitrogens with zero attached hydrogens (tertiary/aromatic N) is 1. The van der Waals surface area contributed by atoms with Gasteiger partial charge in [-0.15, -0.1) is 0 Å². The number of amides is 1. The number of carbonyl (C=O) groups excluding carboxylic acids is 1. The predicted octanol–water partition coefficient (Wildman–Crippen LogP) is 3.60. The lowest BCUT2D eigenvalue weighted by Crippen LogP contribution is -2.27. The number of aromatic nitrogens is 1. The highest BCUT2D eigenvalue weighted by atomic mass is 16.6. The monoisotopic (exact) mass is 304 g/mol. The molecule has 0 aliphatic carbocycles. The van der Waals surface area contributed by atoms with Crippen molar-refractivity contribution in [1.82, 2.24) is 4.98 Å². The number of pyridine rings is 1. The third-order valence-electron chi connectivity index (χ3n) is 2.50. The molecule has 0 aliphatic heterocycles. The Hall–Kier alpha value is -2.06. The molecule has 0 fully saturated rings. The van der Waals surface area contributed by atoms with E-state index in [0.717, 1.165) is 12.8 Å². The lowest BCUT2D eigenvalue weighted by atomic mass is 10.2. The van der Waals surface area contributed by atoms with Crippen LogP contribution in [0.3, 0.4) is 0 Å². The Morgan fingerprint density at radius 1 is 1.41 bits per heavy atom. The molecule has 1 aromatic rings. The standard InChI is InChI=1S/C17H24N2O3/c1-5-6-11-21-12-7-8-14-9-10-18-13-15(14)19-16(20)22-17(2,3)4/h9-10,13H,5-6,11-12H2,1-4H3,(H,19,20). The Bertz CT molecular complexity index is 539. The quantitative estimate of drug-likeness (QED) is 0.667. The van der Waals surface area contributed by atoms with Gasteiger partial charge < -0.3 is 9.47 Å². The second-order valence-corrected chi connectivity index (χ2v) is 5.76. The lowest BCUT2D eigenvalue weighted by Gasteiger charge is -2.19. The molecule has 0 radical (unpaired) electrons. The summed E-state index contributed by atoms with van der Waals surface area (Å²) in [5.74, 6) is 5.90. The summed E-state index contributed by atoms with van der Waals surface area (Å²) in [6.45, 7) is 8.62. The van der Waals surface area contributed by atoms with Gasteiger partial charge in [-0.05, 0) is 33.3 Å². The summed E-state index contributed by atoms with van der Waals surface area (Å²) < 4.78 is 10.6. The van der Waals surface area contributed by atoms with Crippen molar-refractivity contribution in [2.45, 2.75) is 46.1 Å². The summed E-state index contributed by atoms with van der Waals surface area (Å²) in [6.07, 6.45) is 4.78. The van der Waals surface area contributed by atoms with Crippen LogP contribution in [0, 0.1) is 11.8 Å². The van der Waals surface area contributed by atoms with Crippen molar-refractivity contribution in [3.05, 3.63) is 24.0 Å². The van der Waals surface area contributed by atoms with Crippen molar-refractivity contribution < 1.29 is 14.3 Å².